The van der Waals surface area contributed by atoms with E-state index in [4.69, 9.17) is 16.3 Å². The third kappa shape index (κ3) is 3.94. The topological polar surface area (TPSA) is 81.4 Å². The smallest absolute Gasteiger partial charge is 0.262 e. The van der Waals surface area contributed by atoms with Crippen LogP contribution in [0.1, 0.15) is 5.82 Å². The Bertz CT molecular complexity index is 1160. The zero-order valence-corrected chi connectivity index (χ0v) is 15.7. The molecule has 0 aliphatic carbocycles. The number of carbonyl (C=O) groups excluding carboxylic acids is 1. The molecular weight excluding hydrogens is 378 g/mol. The summed E-state index contributed by atoms with van der Waals surface area (Å²) in [6, 6.07) is 18.1. The van der Waals surface area contributed by atoms with Crippen LogP contribution in [0.25, 0.3) is 16.9 Å². The van der Waals surface area contributed by atoms with Gasteiger partial charge in [0.1, 0.15) is 5.75 Å². The van der Waals surface area contributed by atoms with Crippen molar-refractivity contribution in [2.45, 2.75) is 6.92 Å². The van der Waals surface area contributed by atoms with E-state index in [9.17, 15) is 4.79 Å². The number of halogens is 1. The molecule has 0 atom stereocenters. The van der Waals surface area contributed by atoms with Crippen molar-refractivity contribution >= 4 is 28.8 Å². The summed E-state index contributed by atoms with van der Waals surface area (Å²) in [5, 5.41) is 16.0. The van der Waals surface area contributed by atoms with Gasteiger partial charge in [-0.05, 0) is 49.4 Å². The predicted octanol–water partition coefficient (Wildman–Crippen LogP) is 3.77. The second-order valence-corrected chi connectivity index (χ2v) is 6.55. The Morgan fingerprint density at radius 1 is 1.11 bits per heavy atom. The lowest BCUT2D eigenvalue weighted by molar-refractivity contribution is -0.118. The van der Waals surface area contributed by atoms with Gasteiger partial charge in [-0.1, -0.05) is 29.8 Å². The Kier molecular flexibility index (Phi) is 4.90. The molecule has 0 unspecified atom stereocenters. The Hall–Kier alpha value is -3.45. The first-order valence-corrected chi connectivity index (χ1v) is 8.94. The van der Waals surface area contributed by atoms with Crippen LogP contribution in [-0.2, 0) is 4.79 Å². The maximum absolute atomic E-state index is 12.2. The van der Waals surface area contributed by atoms with Crippen molar-refractivity contribution in [3.8, 4) is 17.0 Å². The lowest BCUT2D eigenvalue weighted by atomic mass is 10.1. The molecule has 7 nitrogen and oxygen atoms in total. The molecule has 1 N–H and O–H groups in total. The molecule has 0 bridgehead atoms. The number of aryl methyl sites for hydroxylation is 1. The average Bonchev–Trinajstić information content (AvgIpc) is 3.07. The number of ether oxygens (including phenoxy) is 1. The number of hydrogen-bond donors (Lipinski definition) is 1. The fourth-order valence-corrected chi connectivity index (χ4v) is 2.89. The highest BCUT2D eigenvalue weighted by Crippen LogP contribution is 2.21. The molecular formula is C20H16ClN5O2. The van der Waals surface area contributed by atoms with Gasteiger partial charge in [0.25, 0.3) is 5.91 Å². The lowest BCUT2D eigenvalue weighted by Gasteiger charge is -2.09. The molecule has 4 aromatic rings. The van der Waals surface area contributed by atoms with Crippen molar-refractivity contribution in [3.63, 3.8) is 0 Å². The Balaban J connectivity index is 1.47. The third-order valence-corrected chi connectivity index (χ3v) is 4.26. The maximum atomic E-state index is 12.2. The van der Waals surface area contributed by atoms with Crippen LogP contribution in [0, 0.1) is 6.92 Å². The van der Waals surface area contributed by atoms with E-state index in [2.05, 4.69) is 20.6 Å². The van der Waals surface area contributed by atoms with E-state index >= 15 is 0 Å². The van der Waals surface area contributed by atoms with Crippen LogP contribution >= 0.6 is 11.6 Å². The molecule has 0 aliphatic heterocycles. The molecule has 8 heteroatoms. The van der Waals surface area contributed by atoms with Gasteiger partial charge in [0.15, 0.2) is 18.1 Å². The zero-order chi connectivity index (χ0) is 19.5. The molecule has 0 fully saturated rings. The molecule has 0 spiro atoms. The van der Waals surface area contributed by atoms with Gasteiger partial charge in [-0.15, -0.1) is 10.2 Å². The first kappa shape index (κ1) is 17.9. The molecule has 4 rings (SSSR count). The zero-order valence-electron chi connectivity index (χ0n) is 15.0. The molecule has 0 saturated carbocycles. The molecule has 0 radical (unpaired) electrons. The number of nitrogens with one attached hydrogen (secondary N) is 1. The SMILES string of the molecule is Cc1nnc2ccc(-c3cccc(NC(=O)COc4cccc(Cl)c4)c3)nn12. The molecule has 0 saturated heterocycles. The highest BCUT2D eigenvalue weighted by atomic mass is 35.5. The summed E-state index contributed by atoms with van der Waals surface area (Å²) in [7, 11) is 0. The first-order chi connectivity index (χ1) is 13.6. The van der Waals surface area contributed by atoms with Crippen molar-refractivity contribution in [3.05, 3.63) is 71.5 Å². The number of aromatic nitrogens is 4. The van der Waals surface area contributed by atoms with Gasteiger partial charge >= 0.3 is 0 Å². The fraction of sp³-hybridized carbons (Fsp3) is 0.100. The van der Waals surface area contributed by atoms with Crippen molar-refractivity contribution in [2.24, 2.45) is 0 Å². The number of benzene rings is 2. The minimum atomic E-state index is -0.268. The average molecular weight is 394 g/mol. The van der Waals surface area contributed by atoms with Crippen LogP contribution in [0.2, 0.25) is 5.02 Å². The van der Waals surface area contributed by atoms with Crippen LogP contribution in [0.5, 0.6) is 5.75 Å². The van der Waals surface area contributed by atoms with E-state index in [1.54, 1.807) is 28.8 Å². The normalized spacial score (nSPS) is 10.8. The molecule has 2 heterocycles. The number of amides is 1. The molecule has 1 amide bonds. The van der Waals surface area contributed by atoms with Crippen LogP contribution in [0.15, 0.2) is 60.7 Å². The van der Waals surface area contributed by atoms with Crippen LogP contribution in [0.4, 0.5) is 5.69 Å². The third-order valence-electron chi connectivity index (χ3n) is 4.03. The van der Waals surface area contributed by atoms with E-state index in [1.165, 1.54) is 0 Å². The number of carbonyl (C=O) groups is 1. The summed E-state index contributed by atoms with van der Waals surface area (Å²) in [4.78, 5) is 12.2. The lowest BCUT2D eigenvalue weighted by Crippen LogP contribution is -2.20. The van der Waals surface area contributed by atoms with Gasteiger partial charge < -0.3 is 10.1 Å². The van der Waals surface area contributed by atoms with E-state index in [0.29, 0.717) is 27.9 Å². The van der Waals surface area contributed by atoms with Gasteiger partial charge in [-0.3, -0.25) is 4.79 Å². The van der Waals surface area contributed by atoms with Crippen LogP contribution in [0.3, 0.4) is 0 Å². The quantitative estimate of drug-likeness (QED) is 0.558. The molecule has 140 valence electrons. The second kappa shape index (κ2) is 7.66. The Morgan fingerprint density at radius 3 is 2.82 bits per heavy atom. The summed E-state index contributed by atoms with van der Waals surface area (Å²) >= 11 is 5.91. The Morgan fingerprint density at radius 2 is 1.96 bits per heavy atom. The largest absolute Gasteiger partial charge is 0.484 e. The highest BCUT2D eigenvalue weighted by Gasteiger charge is 2.08. The predicted molar refractivity (Wildman–Crippen MR) is 107 cm³/mol. The number of nitrogens with zero attached hydrogens (tertiary/aromatic N) is 4. The monoisotopic (exact) mass is 393 g/mol. The summed E-state index contributed by atoms with van der Waals surface area (Å²) < 4.78 is 7.14. The minimum Gasteiger partial charge on any atom is -0.484 e. The van der Waals surface area contributed by atoms with Gasteiger partial charge in [-0.2, -0.15) is 9.61 Å². The van der Waals surface area contributed by atoms with Gasteiger partial charge in [0.2, 0.25) is 0 Å². The summed E-state index contributed by atoms with van der Waals surface area (Å²) in [6.45, 7) is 1.72. The van der Waals surface area contributed by atoms with Crippen molar-refractivity contribution in [1.29, 1.82) is 0 Å². The number of fused-ring (bicyclic) bond motifs is 1. The van der Waals surface area contributed by atoms with Gasteiger partial charge in [-0.25, -0.2) is 0 Å². The number of rotatable bonds is 5. The first-order valence-electron chi connectivity index (χ1n) is 8.56. The molecule has 2 aromatic carbocycles. The summed E-state index contributed by atoms with van der Waals surface area (Å²) in [5.41, 5.74) is 2.95. The van der Waals surface area contributed by atoms with Crippen molar-refractivity contribution in [2.75, 3.05) is 11.9 Å². The standard InChI is InChI=1S/C20H16ClN5O2/c1-13-23-24-19-9-8-18(25-26(13)19)14-4-2-6-16(10-14)22-20(27)12-28-17-7-3-5-15(21)11-17/h2-11H,12H2,1H3,(H,22,27). The summed E-state index contributed by atoms with van der Waals surface area (Å²) in [5.74, 6) is 0.980. The number of hydrogen-bond acceptors (Lipinski definition) is 5. The van der Waals surface area contributed by atoms with Gasteiger partial charge in [0, 0.05) is 16.3 Å². The van der Waals surface area contributed by atoms with E-state index in [0.717, 1.165) is 11.3 Å². The van der Waals surface area contributed by atoms with Crippen molar-refractivity contribution in [1.82, 2.24) is 19.8 Å². The Labute approximate surface area is 165 Å². The van der Waals surface area contributed by atoms with E-state index in [-0.39, 0.29) is 12.5 Å². The second-order valence-electron chi connectivity index (χ2n) is 6.11. The van der Waals surface area contributed by atoms with Crippen molar-refractivity contribution < 1.29 is 9.53 Å². The minimum absolute atomic E-state index is 0.116. The summed E-state index contributed by atoms with van der Waals surface area (Å²) in [6.07, 6.45) is 0. The molecule has 2 aromatic heterocycles. The highest BCUT2D eigenvalue weighted by molar-refractivity contribution is 6.30. The molecule has 28 heavy (non-hydrogen) atoms. The number of anilines is 1. The molecule has 0 aliphatic rings. The van der Waals surface area contributed by atoms with E-state index < -0.39 is 0 Å². The van der Waals surface area contributed by atoms with Crippen LogP contribution < -0.4 is 10.1 Å². The van der Waals surface area contributed by atoms with Crippen LogP contribution in [-0.4, -0.2) is 32.3 Å². The van der Waals surface area contributed by atoms with E-state index in [1.807, 2.05) is 43.3 Å². The fourth-order valence-electron chi connectivity index (χ4n) is 2.71. The maximum Gasteiger partial charge on any atom is 0.262 e. The van der Waals surface area contributed by atoms with Gasteiger partial charge in [0.05, 0.1) is 5.69 Å².